The van der Waals surface area contributed by atoms with Crippen LogP contribution in [-0.4, -0.2) is 43.5 Å². The average molecular weight is 644 g/mol. The standard InChI is InChI=1S/C30H30ClN3O7S2/c1-20-5-11-25(12-6-20)43(38,39)34(27-18-22(31)8-16-29(27)41-4)19-30(35)32-23-9-13-24(14-10-23)42(36,37)33-26-17-21(2)7-15-28(26)40-3/h5-18,33H,19H2,1-4H3,(H,32,35). The van der Waals surface area contributed by atoms with E-state index in [0.29, 0.717) is 5.75 Å². The maximum atomic E-state index is 13.7. The number of aryl methyl sites for hydroxylation is 2. The van der Waals surface area contributed by atoms with Gasteiger partial charge in [0.25, 0.3) is 20.0 Å². The number of hydrogen-bond donors (Lipinski definition) is 2. The number of hydrogen-bond acceptors (Lipinski definition) is 7. The second-order valence-electron chi connectivity index (χ2n) is 9.52. The molecule has 10 nitrogen and oxygen atoms in total. The quantitative estimate of drug-likeness (QED) is 0.217. The predicted molar refractivity (Wildman–Crippen MR) is 167 cm³/mol. The van der Waals surface area contributed by atoms with E-state index in [4.69, 9.17) is 21.1 Å². The highest BCUT2D eigenvalue weighted by molar-refractivity contribution is 7.93. The van der Waals surface area contributed by atoms with E-state index in [-0.39, 0.29) is 37.6 Å². The molecule has 0 fully saturated rings. The van der Waals surface area contributed by atoms with Gasteiger partial charge in [-0.15, -0.1) is 0 Å². The third kappa shape index (κ3) is 7.39. The van der Waals surface area contributed by atoms with Gasteiger partial charge in [0.1, 0.15) is 18.0 Å². The molecular formula is C30H30ClN3O7S2. The van der Waals surface area contributed by atoms with Crippen LogP contribution in [0.3, 0.4) is 0 Å². The van der Waals surface area contributed by atoms with Crippen molar-refractivity contribution in [2.75, 3.05) is 35.1 Å². The number of rotatable bonds is 11. The van der Waals surface area contributed by atoms with E-state index < -0.39 is 32.5 Å². The largest absolute Gasteiger partial charge is 0.495 e. The Hall–Kier alpha value is -4.26. The molecule has 43 heavy (non-hydrogen) atoms. The molecule has 0 aliphatic heterocycles. The fraction of sp³-hybridized carbons (Fsp3) is 0.167. The van der Waals surface area contributed by atoms with Gasteiger partial charge in [0.2, 0.25) is 5.91 Å². The van der Waals surface area contributed by atoms with Crippen molar-refractivity contribution in [3.05, 3.63) is 101 Å². The molecule has 1 amide bonds. The summed E-state index contributed by atoms with van der Waals surface area (Å²) in [5.41, 5.74) is 2.31. The topological polar surface area (TPSA) is 131 Å². The second kappa shape index (κ2) is 12.9. The SMILES string of the molecule is COc1ccc(C)cc1NS(=O)(=O)c1ccc(NC(=O)CN(c2cc(Cl)ccc2OC)S(=O)(=O)c2ccc(C)cc2)cc1. The Labute approximate surface area is 256 Å². The van der Waals surface area contributed by atoms with E-state index in [2.05, 4.69) is 10.0 Å². The molecular weight excluding hydrogens is 614 g/mol. The van der Waals surface area contributed by atoms with Crippen LogP contribution in [0.15, 0.2) is 94.7 Å². The summed E-state index contributed by atoms with van der Waals surface area (Å²) in [4.78, 5) is 13.1. The molecule has 2 N–H and O–H groups in total. The predicted octanol–water partition coefficient (Wildman–Crippen LogP) is 5.61. The number of anilines is 3. The summed E-state index contributed by atoms with van der Waals surface area (Å²) in [6.07, 6.45) is 0. The summed E-state index contributed by atoms with van der Waals surface area (Å²) >= 11 is 6.19. The zero-order valence-corrected chi connectivity index (χ0v) is 26.2. The number of halogens is 1. The molecule has 0 atom stereocenters. The minimum Gasteiger partial charge on any atom is -0.495 e. The Morgan fingerprint density at radius 3 is 1.98 bits per heavy atom. The number of carbonyl (C=O) groups excluding carboxylic acids is 1. The lowest BCUT2D eigenvalue weighted by atomic mass is 10.2. The first kappa shape index (κ1) is 31.7. The van der Waals surface area contributed by atoms with Crippen molar-refractivity contribution in [1.82, 2.24) is 0 Å². The van der Waals surface area contributed by atoms with Crippen LogP contribution in [-0.2, 0) is 24.8 Å². The molecule has 4 aromatic rings. The number of nitrogens with one attached hydrogen (secondary N) is 2. The van der Waals surface area contributed by atoms with Crippen LogP contribution >= 0.6 is 11.6 Å². The van der Waals surface area contributed by atoms with Gasteiger partial charge < -0.3 is 14.8 Å². The zero-order chi connectivity index (χ0) is 31.4. The van der Waals surface area contributed by atoms with E-state index in [1.165, 1.54) is 62.8 Å². The van der Waals surface area contributed by atoms with Crippen LogP contribution < -0.4 is 23.8 Å². The van der Waals surface area contributed by atoms with Gasteiger partial charge in [0.05, 0.1) is 35.4 Å². The van der Waals surface area contributed by atoms with Crippen LogP contribution in [0.2, 0.25) is 5.02 Å². The molecule has 0 aromatic heterocycles. The molecule has 4 aromatic carbocycles. The smallest absolute Gasteiger partial charge is 0.264 e. The molecule has 0 radical (unpaired) electrons. The number of amides is 1. The average Bonchev–Trinajstić information content (AvgIpc) is 2.96. The molecule has 0 saturated heterocycles. The minimum atomic E-state index is -4.24. The number of nitrogens with zero attached hydrogens (tertiary/aromatic N) is 1. The number of carbonyl (C=O) groups is 1. The van der Waals surface area contributed by atoms with Gasteiger partial charge >= 0.3 is 0 Å². The summed E-state index contributed by atoms with van der Waals surface area (Å²) in [7, 11) is -5.40. The molecule has 0 saturated carbocycles. The van der Waals surface area contributed by atoms with E-state index in [1.54, 1.807) is 36.4 Å². The maximum absolute atomic E-state index is 13.7. The molecule has 0 aliphatic carbocycles. The molecule has 0 heterocycles. The van der Waals surface area contributed by atoms with Crippen molar-refractivity contribution in [1.29, 1.82) is 0 Å². The Kier molecular flexibility index (Phi) is 9.53. The molecule has 0 spiro atoms. The first-order chi connectivity index (χ1) is 20.3. The van der Waals surface area contributed by atoms with Gasteiger partial charge in [-0.3, -0.25) is 13.8 Å². The minimum absolute atomic E-state index is 0.0276. The summed E-state index contributed by atoms with van der Waals surface area (Å²) in [6, 6.07) is 21.2. The van der Waals surface area contributed by atoms with Crippen LogP contribution in [0.4, 0.5) is 17.1 Å². The Morgan fingerprint density at radius 2 is 1.35 bits per heavy atom. The Balaban J connectivity index is 1.58. The monoisotopic (exact) mass is 643 g/mol. The third-order valence-electron chi connectivity index (χ3n) is 6.35. The lowest BCUT2D eigenvalue weighted by Gasteiger charge is -2.26. The van der Waals surface area contributed by atoms with Crippen LogP contribution in [0.25, 0.3) is 0 Å². The number of benzene rings is 4. The normalized spacial score (nSPS) is 11.5. The van der Waals surface area contributed by atoms with Crippen molar-refractivity contribution >= 4 is 54.6 Å². The number of methoxy groups -OCH3 is 2. The van der Waals surface area contributed by atoms with Crippen LogP contribution in [0, 0.1) is 13.8 Å². The fourth-order valence-corrected chi connectivity index (χ4v) is 6.80. The number of sulfonamides is 2. The molecule has 0 aliphatic rings. The molecule has 13 heteroatoms. The van der Waals surface area contributed by atoms with Crippen molar-refractivity contribution < 1.29 is 31.1 Å². The molecule has 4 rings (SSSR count). The molecule has 0 bridgehead atoms. The Morgan fingerprint density at radius 1 is 0.767 bits per heavy atom. The lowest BCUT2D eigenvalue weighted by molar-refractivity contribution is -0.114. The molecule has 226 valence electrons. The van der Waals surface area contributed by atoms with Gasteiger partial charge in [-0.25, -0.2) is 16.8 Å². The lowest BCUT2D eigenvalue weighted by Crippen LogP contribution is -2.38. The fourth-order valence-electron chi connectivity index (χ4n) is 4.15. The first-order valence-electron chi connectivity index (χ1n) is 12.8. The van der Waals surface area contributed by atoms with Crippen molar-refractivity contribution in [2.45, 2.75) is 23.6 Å². The van der Waals surface area contributed by atoms with E-state index >= 15 is 0 Å². The van der Waals surface area contributed by atoms with Crippen molar-refractivity contribution in [3.63, 3.8) is 0 Å². The summed E-state index contributed by atoms with van der Waals surface area (Å²) in [6.45, 7) is 3.03. The maximum Gasteiger partial charge on any atom is 0.264 e. The summed E-state index contributed by atoms with van der Waals surface area (Å²) in [5, 5.41) is 2.87. The van der Waals surface area contributed by atoms with Crippen molar-refractivity contribution in [2.24, 2.45) is 0 Å². The van der Waals surface area contributed by atoms with Gasteiger partial charge in [-0.05, 0) is 86.1 Å². The second-order valence-corrected chi connectivity index (χ2v) is 13.5. The van der Waals surface area contributed by atoms with Crippen LogP contribution in [0.5, 0.6) is 11.5 Å². The number of ether oxygens (including phenoxy) is 2. The summed E-state index contributed by atoms with van der Waals surface area (Å²) in [5.74, 6) is -0.129. The van der Waals surface area contributed by atoms with E-state index in [9.17, 15) is 21.6 Å². The highest BCUT2D eigenvalue weighted by Crippen LogP contribution is 2.35. The Bertz CT molecular complexity index is 1850. The molecule has 0 unspecified atom stereocenters. The highest BCUT2D eigenvalue weighted by atomic mass is 35.5. The third-order valence-corrected chi connectivity index (χ3v) is 9.74. The van der Waals surface area contributed by atoms with Gasteiger partial charge in [-0.1, -0.05) is 35.4 Å². The first-order valence-corrected chi connectivity index (χ1v) is 16.1. The van der Waals surface area contributed by atoms with E-state index in [1.807, 2.05) is 13.8 Å². The summed E-state index contributed by atoms with van der Waals surface area (Å²) < 4.78 is 67.6. The van der Waals surface area contributed by atoms with Crippen LogP contribution in [0.1, 0.15) is 11.1 Å². The van der Waals surface area contributed by atoms with Crippen molar-refractivity contribution in [3.8, 4) is 11.5 Å². The van der Waals surface area contributed by atoms with Gasteiger partial charge in [0, 0.05) is 10.7 Å². The zero-order valence-electron chi connectivity index (χ0n) is 23.8. The van der Waals surface area contributed by atoms with Gasteiger partial charge in [-0.2, -0.15) is 0 Å². The highest BCUT2D eigenvalue weighted by Gasteiger charge is 2.30. The van der Waals surface area contributed by atoms with Gasteiger partial charge in [0.15, 0.2) is 0 Å². The van der Waals surface area contributed by atoms with E-state index in [0.717, 1.165) is 15.4 Å².